The van der Waals surface area contributed by atoms with Crippen LogP contribution in [-0.2, 0) is 17.6 Å². The number of Topliss-reactive ketones (excluding diaryl/α,β-unsaturated/α-hetero) is 1. The molecule has 0 spiro atoms. The number of nitrogens with zero attached hydrogens (tertiary/aromatic N) is 1. The van der Waals surface area contributed by atoms with Gasteiger partial charge >= 0.3 is 0 Å². The average Bonchev–Trinajstić information content (AvgIpc) is 2.91. The van der Waals surface area contributed by atoms with Crippen LogP contribution in [0.2, 0.25) is 0 Å². The number of amides is 1. The number of ketones is 1. The summed E-state index contributed by atoms with van der Waals surface area (Å²) in [6.07, 6.45) is 4.19. The number of hydrogen-bond donors (Lipinski definition) is 5. The zero-order valence-corrected chi connectivity index (χ0v) is 22.3. The van der Waals surface area contributed by atoms with Crippen molar-refractivity contribution in [1.82, 2.24) is 4.90 Å². The molecule has 0 aromatic heterocycles. The van der Waals surface area contributed by atoms with E-state index in [1.165, 1.54) is 6.42 Å². The van der Waals surface area contributed by atoms with Crippen LogP contribution in [0.25, 0.3) is 0 Å². The molecule has 1 aliphatic carbocycles. The van der Waals surface area contributed by atoms with Gasteiger partial charge in [0.25, 0.3) is 0 Å². The van der Waals surface area contributed by atoms with Gasteiger partial charge in [-0.2, -0.15) is 0 Å². The molecule has 1 saturated heterocycles. The van der Waals surface area contributed by atoms with Gasteiger partial charge in [0.05, 0.1) is 12.1 Å². The summed E-state index contributed by atoms with van der Waals surface area (Å²) in [6, 6.07) is 13.9. The van der Waals surface area contributed by atoms with E-state index in [4.69, 9.17) is 0 Å². The maximum Gasteiger partial charge on any atom is 0.238 e. The van der Waals surface area contributed by atoms with Gasteiger partial charge in [-0.05, 0) is 79.2 Å². The van der Waals surface area contributed by atoms with Crippen molar-refractivity contribution in [2.75, 3.05) is 25.0 Å². The Balaban J connectivity index is 0.00000353. The second kappa shape index (κ2) is 12.0. The number of nitrogens with one attached hydrogen (secondary N) is 1. The van der Waals surface area contributed by atoms with E-state index in [0.717, 1.165) is 37.1 Å². The number of benzene rings is 3. The van der Waals surface area contributed by atoms with Gasteiger partial charge < -0.3 is 25.7 Å². The molecule has 5 rings (SSSR count). The summed E-state index contributed by atoms with van der Waals surface area (Å²) in [5, 5.41) is 44.3. The Morgan fingerprint density at radius 3 is 2.18 bits per heavy atom. The number of phenols is 4. The molecule has 3 aromatic rings. The summed E-state index contributed by atoms with van der Waals surface area (Å²) < 4.78 is 0. The number of halogens is 1. The number of piperidine rings is 1. The Morgan fingerprint density at radius 1 is 0.846 bits per heavy atom. The first-order valence-electron chi connectivity index (χ1n) is 13.0. The van der Waals surface area contributed by atoms with Crippen LogP contribution in [0.1, 0.15) is 64.2 Å². The summed E-state index contributed by atoms with van der Waals surface area (Å²) in [5.74, 6) is -2.18. The van der Waals surface area contributed by atoms with Gasteiger partial charge in [0.1, 0.15) is 5.75 Å². The molecule has 0 bridgehead atoms. The van der Waals surface area contributed by atoms with E-state index < -0.39 is 17.2 Å². The molecular formula is C30H33ClN2O6. The summed E-state index contributed by atoms with van der Waals surface area (Å²) in [4.78, 5) is 27.7. The summed E-state index contributed by atoms with van der Waals surface area (Å²) in [5.41, 5.74) is 3.27. The Labute approximate surface area is 233 Å². The predicted molar refractivity (Wildman–Crippen MR) is 150 cm³/mol. The minimum Gasteiger partial charge on any atom is -0.508 e. The van der Waals surface area contributed by atoms with E-state index in [1.54, 1.807) is 36.4 Å². The molecule has 1 atom stereocenters. The molecular weight excluding hydrogens is 520 g/mol. The zero-order chi connectivity index (χ0) is 26.8. The van der Waals surface area contributed by atoms with Crippen molar-refractivity contribution in [2.24, 2.45) is 0 Å². The number of aromatic hydroxyl groups is 4. The number of rotatable bonds is 6. The lowest BCUT2D eigenvalue weighted by Gasteiger charge is -2.28. The fourth-order valence-electron chi connectivity index (χ4n) is 5.58. The Morgan fingerprint density at radius 2 is 1.51 bits per heavy atom. The van der Waals surface area contributed by atoms with Crippen molar-refractivity contribution in [1.29, 1.82) is 0 Å². The summed E-state index contributed by atoms with van der Waals surface area (Å²) >= 11 is 0. The minimum atomic E-state index is -0.697. The van der Waals surface area contributed by atoms with Crippen LogP contribution in [0, 0.1) is 0 Å². The third kappa shape index (κ3) is 6.13. The minimum absolute atomic E-state index is 0. The highest BCUT2D eigenvalue weighted by Gasteiger charge is 2.34. The number of carbonyl (C=O) groups is 2. The van der Waals surface area contributed by atoms with Crippen LogP contribution < -0.4 is 5.32 Å². The van der Waals surface area contributed by atoms with E-state index >= 15 is 0 Å². The molecule has 1 heterocycles. The second-order valence-corrected chi connectivity index (χ2v) is 10.3. The van der Waals surface area contributed by atoms with Crippen molar-refractivity contribution in [3.05, 3.63) is 76.3 Å². The topological polar surface area (TPSA) is 130 Å². The van der Waals surface area contributed by atoms with Gasteiger partial charge in [0, 0.05) is 24.1 Å². The normalized spacial score (nSPS) is 17.2. The molecule has 5 N–H and O–H groups in total. The van der Waals surface area contributed by atoms with Crippen LogP contribution in [0.3, 0.4) is 0 Å². The standard InChI is InChI=1S/C30H32N2O6.ClH/c33-22-10-6-19(7-11-22)20-15-23-24(28(36)30(38)29(37)27(23)25(34)16-20)14-18-4-8-21(9-5-18)31-26(35)17-32-12-2-1-3-13-32;/h4-11,20,33,36-38H,1-3,12-17H2,(H,31,35);1H. The Kier molecular flexibility index (Phi) is 8.67. The van der Waals surface area contributed by atoms with E-state index in [9.17, 15) is 30.0 Å². The van der Waals surface area contributed by atoms with Gasteiger partial charge in [-0.1, -0.05) is 30.7 Å². The highest BCUT2D eigenvalue weighted by molar-refractivity contribution is 6.03. The summed E-state index contributed by atoms with van der Waals surface area (Å²) in [6.45, 7) is 2.25. The van der Waals surface area contributed by atoms with Crippen LogP contribution >= 0.6 is 12.4 Å². The molecule has 8 nitrogen and oxygen atoms in total. The maximum atomic E-state index is 13.1. The maximum absolute atomic E-state index is 13.1. The van der Waals surface area contributed by atoms with Gasteiger partial charge in [0.15, 0.2) is 17.3 Å². The first-order valence-corrected chi connectivity index (χ1v) is 13.0. The third-order valence-corrected chi connectivity index (χ3v) is 7.60. The number of likely N-dealkylation sites (tertiary alicyclic amines) is 1. The first-order chi connectivity index (χ1) is 18.3. The van der Waals surface area contributed by atoms with Crippen molar-refractivity contribution in [2.45, 2.75) is 44.4 Å². The van der Waals surface area contributed by atoms with Crippen molar-refractivity contribution >= 4 is 29.8 Å². The van der Waals surface area contributed by atoms with Gasteiger partial charge in [-0.3, -0.25) is 14.5 Å². The number of fused-ring (bicyclic) bond motifs is 1. The van der Waals surface area contributed by atoms with Gasteiger partial charge in [-0.15, -0.1) is 12.4 Å². The molecule has 9 heteroatoms. The molecule has 0 saturated carbocycles. The second-order valence-electron chi connectivity index (χ2n) is 10.3. The lowest BCUT2D eigenvalue weighted by Crippen LogP contribution is -2.36. The quantitative estimate of drug-likeness (QED) is 0.276. The lowest BCUT2D eigenvalue weighted by atomic mass is 9.76. The number of hydrogen-bond acceptors (Lipinski definition) is 7. The van der Waals surface area contributed by atoms with Crippen molar-refractivity contribution in [3.63, 3.8) is 0 Å². The Bertz CT molecular complexity index is 1350. The molecule has 3 aromatic carbocycles. The smallest absolute Gasteiger partial charge is 0.238 e. The monoisotopic (exact) mass is 552 g/mol. The van der Waals surface area contributed by atoms with Gasteiger partial charge in [-0.25, -0.2) is 0 Å². The van der Waals surface area contributed by atoms with Crippen LogP contribution in [-0.4, -0.2) is 56.7 Å². The van der Waals surface area contributed by atoms with Crippen molar-refractivity contribution in [3.8, 4) is 23.0 Å². The molecule has 0 radical (unpaired) electrons. The summed E-state index contributed by atoms with van der Waals surface area (Å²) in [7, 11) is 0. The molecule has 1 amide bonds. The average molecular weight is 553 g/mol. The van der Waals surface area contributed by atoms with E-state index in [-0.39, 0.29) is 54.2 Å². The molecule has 1 fully saturated rings. The fourth-order valence-corrected chi connectivity index (χ4v) is 5.58. The van der Waals surface area contributed by atoms with Gasteiger partial charge in [0.2, 0.25) is 11.7 Å². The molecule has 39 heavy (non-hydrogen) atoms. The number of phenolic OH excluding ortho intramolecular Hbond substituents is 4. The largest absolute Gasteiger partial charge is 0.508 e. The third-order valence-electron chi connectivity index (χ3n) is 7.60. The Hall–Kier alpha value is -3.75. The predicted octanol–water partition coefficient (Wildman–Crippen LogP) is 4.86. The number of carbonyl (C=O) groups excluding carboxylic acids is 2. The first kappa shape index (κ1) is 28.3. The fraction of sp³-hybridized carbons (Fsp3) is 0.333. The van der Waals surface area contributed by atoms with Crippen LogP contribution in [0.5, 0.6) is 23.0 Å². The zero-order valence-electron chi connectivity index (χ0n) is 21.5. The highest BCUT2D eigenvalue weighted by Crippen LogP contribution is 2.48. The highest BCUT2D eigenvalue weighted by atomic mass is 35.5. The van der Waals surface area contributed by atoms with E-state index in [0.29, 0.717) is 29.8 Å². The van der Waals surface area contributed by atoms with Crippen LogP contribution in [0.15, 0.2) is 48.5 Å². The van der Waals surface area contributed by atoms with Crippen molar-refractivity contribution < 1.29 is 30.0 Å². The molecule has 2 aliphatic rings. The lowest BCUT2D eigenvalue weighted by molar-refractivity contribution is -0.117. The number of anilines is 1. The van der Waals surface area contributed by atoms with E-state index in [2.05, 4.69) is 10.2 Å². The molecule has 206 valence electrons. The molecule has 1 unspecified atom stereocenters. The SMILES string of the molecule is Cl.O=C(CN1CCCCC1)Nc1ccc(Cc2c(O)c(O)c(O)c3c2CC(c2ccc(O)cc2)CC3=O)cc1. The van der Waals surface area contributed by atoms with Crippen LogP contribution in [0.4, 0.5) is 5.69 Å². The van der Waals surface area contributed by atoms with E-state index in [1.807, 2.05) is 12.1 Å². The molecule has 1 aliphatic heterocycles.